The lowest BCUT2D eigenvalue weighted by Gasteiger charge is -2.29. The molecule has 2 aromatic carbocycles. The third kappa shape index (κ3) is 4.12. The number of fused-ring (bicyclic) bond motifs is 2. The van der Waals surface area contributed by atoms with Crippen LogP contribution in [0, 0.1) is 11.7 Å². The molecule has 0 radical (unpaired) electrons. The summed E-state index contributed by atoms with van der Waals surface area (Å²) < 4.78 is 14.6. The predicted octanol–water partition coefficient (Wildman–Crippen LogP) is 4.54. The number of rotatable bonds is 5. The molecule has 2 aliphatic heterocycles. The largest absolute Gasteiger partial charge is 0.325 e. The highest BCUT2D eigenvalue weighted by atomic mass is 32.2. The Morgan fingerprint density at radius 1 is 0.946 bits per heavy atom. The number of halogens is 1. The maximum Gasteiger partial charge on any atom is 0.308 e. The second-order valence-corrected chi connectivity index (χ2v) is 11.7. The van der Waals surface area contributed by atoms with Crippen molar-refractivity contribution in [1.82, 2.24) is 4.57 Å². The van der Waals surface area contributed by atoms with Gasteiger partial charge in [-0.2, -0.15) is 0 Å². The summed E-state index contributed by atoms with van der Waals surface area (Å²) in [6, 6.07) is 17.9. The van der Waals surface area contributed by atoms with Gasteiger partial charge < -0.3 is 5.32 Å². The van der Waals surface area contributed by atoms with E-state index in [-0.39, 0.29) is 23.2 Å². The zero-order chi connectivity index (χ0) is 25.7. The molecule has 1 N–H and O–H groups in total. The van der Waals surface area contributed by atoms with Gasteiger partial charge in [0.15, 0.2) is 0 Å². The molecule has 2 aliphatic rings. The van der Waals surface area contributed by atoms with Gasteiger partial charge in [0.1, 0.15) is 17.6 Å². The van der Waals surface area contributed by atoms with Crippen LogP contribution in [0.5, 0.6) is 0 Å². The van der Waals surface area contributed by atoms with Gasteiger partial charge in [0.25, 0.3) is 0 Å². The SMILES string of the molecule is O=C(Cn1c2c(sc1=O)[C@@H](c1cccs1)[C@@H]1C(=O)N(c3ccccc3)C(=O)[C@@H]1S2)Nc1ccc(F)cc1. The molecule has 3 amide bonds. The number of aromatic nitrogens is 1. The Bertz CT molecular complexity index is 1560. The summed E-state index contributed by atoms with van der Waals surface area (Å²) in [5.74, 6) is -2.64. The summed E-state index contributed by atoms with van der Waals surface area (Å²) >= 11 is 3.65. The Balaban J connectivity index is 1.38. The molecule has 0 aliphatic carbocycles. The summed E-state index contributed by atoms with van der Waals surface area (Å²) in [5.41, 5.74) is 0.916. The van der Waals surface area contributed by atoms with Crippen molar-refractivity contribution in [2.24, 2.45) is 5.92 Å². The van der Waals surface area contributed by atoms with Gasteiger partial charge in [-0.1, -0.05) is 47.4 Å². The van der Waals surface area contributed by atoms with Gasteiger partial charge in [0, 0.05) is 21.4 Å². The van der Waals surface area contributed by atoms with E-state index in [1.807, 2.05) is 23.6 Å². The van der Waals surface area contributed by atoms with E-state index in [1.54, 1.807) is 24.3 Å². The van der Waals surface area contributed by atoms with Crippen LogP contribution in [0.3, 0.4) is 0 Å². The molecule has 0 bridgehead atoms. The monoisotopic (exact) mass is 551 g/mol. The molecule has 0 unspecified atom stereocenters. The van der Waals surface area contributed by atoms with Crippen LogP contribution in [-0.4, -0.2) is 27.5 Å². The van der Waals surface area contributed by atoms with E-state index >= 15 is 0 Å². The molecule has 3 atom stereocenters. The first-order chi connectivity index (χ1) is 17.9. The van der Waals surface area contributed by atoms with Crippen molar-refractivity contribution in [3.8, 4) is 0 Å². The summed E-state index contributed by atoms with van der Waals surface area (Å²) in [4.78, 5) is 55.6. The molecular formula is C26H18FN3O4S3. The van der Waals surface area contributed by atoms with Crippen LogP contribution in [0.25, 0.3) is 0 Å². The third-order valence-corrected chi connectivity index (χ3v) is 9.90. The second kappa shape index (κ2) is 9.40. The van der Waals surface area contributed by atoms with E-state index in [1.165, 1.54) is 56.8 Å². The smallest absolute Gasteiger partial charge is 0.308 e. The Morgan fingerprint density at radius 2 is 1.70 bits per heavy atom. The fourth-order valence-corrected chi connectivity index (χ4v) is 8.46. The summed E-state index contributed by atoms with van der Waals surface area (Å²) in [5, 5.41) is 4.37. The number of carbonyl (C=O) groups excluding carboxylic acids is 3. The summed E-state index contributed by atoms with van der Waals surface area (Å²) in [6.45, 7) is -0.270. The van der Waals surface area contributed by atoms with Gasteiger partial charge in [-0.25, -0.2) is 9.29 Å². The first kappa shape index (κ1) is 23.8. The zero-order valence-corrected chi connectivity index (χ0v) is 21.4. The number of carbonyl (C=O) groups is 3. The minimum atomic E-state index is -0.729. The topological polar surface area (TPSA) is 88.5 Å². The average molecular weight is 552 g/mol. The number of benzene rings is 2. The number of thiophene rings is 1. The highest BCUT2D eigenvalue weighted by molar-refractivity contribution is 8.00. The number of para-hydroxylation sites is 1. The first-order valence-electron chi connectivity index (χ1n) is 11.3. The molecule has 6 rings (SSSR count). The molecule has 37 heavy (non-hydrogen) atoms. The van der Waals surface area contributed by atoms with E-state index in [0.29, 0.717) is 21.3 Å². The van der Waals surface area contributed by atoms with E-state index in [4.69, 9.17) is 0 Å². The maximum absolute atomic E-state index is 13.7. The maximum atomic E-state index is 13.7. The van der Waals surface area contributed by atoms with Gasteiger partial charge in [-0.3, -0.25) is 23.7 Å². The number of hydrogen-bond acceptors (Lipinski definition) is 7. The highest BCUT2D eigenvalue weighted by Gasteiger charge is 2.57. The molecule has 1 fully saturated rings. The van der Waals surface area contributed by atoms with Crippen LogP contribution in [0.4, 0.5) is 15.8 Å². The summed E-state index contributed by atoms with van der Waals surface area (Å²) in [7, 11) is 0. The number of imide groups is 1. The van der Waals surface area contributed by atoms with Crippen molar-refractivity contribution >= 4 is 63.5 Å². The lowest BCUT2D eigenvalue weighted by Crippen LogP contribution is -2.32. The standard InChI is InChI=1S/C26H18FN3O4S3/c27-14-8-10-15(11-9-14)28-18(31)13-29-25-22(37-26(29)34)19(17-7-4-12-35-17)20-21(36-25)24(33)30(23(20)32)16-5-2-1-3-6-16/h1-12,19-21H,13H2,(H,28,31)/t19-,20-,21+/m0/s1. The highest BCUT2D eigenvalue weighted by Crippen LogP contribution is 2.54. The van der Waals surface area contributed by atoms with Gasteiger partial charge in [-0.15, -0.1) is 11.3 Å². The predicted molar refractivity (Wildman–Crippen MR) is 142 cm³/mol. The van der Waals surface area contributed by atoms with Crippen LogP contribution in [0.15, 0.2) is 81.9 Å². The lowest BCUT2D eigenvalue weighted by atomic mass is 9.87. The molecule has 11 heteroatoms. The average Bonchev–Trinajstić information content (AvgIpc) is 3.59. The number of hydrogen-bond donors (Lipinski definition) is 1. The Kier molecular flexibility index (Phi) is 6.06. The zero-order valence-electron chi connectivity index (χ0n) is 19.0. The molecule has 4 heterocycles. The van der Waals surface area contributed by atoms with Gasteiger partial charge in [-0.05, 0) is 47.8 Å². The van der Waals surface area contributed by atoms with Crippen LogP contribution in [0.1, 0.15) is 15.7 Å². The number of amides is 3. The molecule has 4 aromatic rings. The number of nitrogens with zero attached hydrogens (tertiary/aromatic N) is 2. The normalized spacial score (nSPS) is 20.6. The van der Waals surface area contributed by atoms with Crippen LogP contribution >= 0.6 is 34.4 Å². The molecule has 7 nitrogen and oxygen atoms in total. The van der Waals surface area contributed by atoms with Crippen LogP contribution in [0.2, 0.25) is 0 Å². The van der Waals surface area contributed by atoms with E-state index in [2.05, 4.69) is 5.32 Å². The lowest BCUT2D eigenvalue weighted by molar-refractivity contribution is -0.122. The minimum Gasteiger partial charge on any atom is -0.325 e. The Hall–Kier alpha value is -3.54. The Labute approximate surface area is 222 Å². The number of nitrogens with one attached hydrogen (secondary N) is 1. The van der Waals surface area contributed by atoms with Gasteiger partial charge in [0.2, 0.25) is 17.7 Å². The first-order valence-corrected chi connectivity index (χ1v) is 13.9. The molecule has 186 valence electrons. The van der Waals surface area contributed by atoms with Crippen molar-refractivity contribution in [2.75, 3.05) is 10.2 Å². The van der Waals surface area contributed by atoms with Crippen molar-refractivity contribution < 1.29 is 18.8 Å². The fraction of sp³-hybridized carbons (Fsp3) is 0.154. The van der Waals surface area contributed by atoms with Crippen LogP contribution in [-0.2, 0) is 20.9 Å². The van der Waals surface area contributed by atoms with Gasteiger partial charge in [0.05, 0.1) is 16.6 Å². The van der Waals surface area contributed by atoms with Crippen molar-refractivity contribution in [2.45, 2.75) is 22.7 Å². The summed E-state index contributed by atoms with van der Waals surface area (Å²) in [6.07, 6.45) is 0. The number of thioether (sulfide) groups is 1. The number of anilines is 2. The van der Waals surface area contributed by atoms with E-state index < -0.39 is 28.8 Å². The molecular weight excluding hydrogens is 534 g/mol. The van der Waals surface area contributed by atoms with Crippen molar-refractivity contribution in [3.63, 3.8) is 0 Å². The second-order valence-electron chi connectivity index (χ2n) is 8.58. The Morgan fingerprint density at radius 3 is 2.41 bits per heavy atom. The van der Waals surface area contributed by atoms with E-state index in [0.717, 1.165) is 16.2 Å². The van der Waals surface area contributed by atoms with E-state index in [9.17, 15) is 23.6 Å². The third-order valence-electron chi connectivity index (χ3n) is 6.34. The van der Waals surface area contributed by atoms with Crippen molar-refractivity contribution in [3.05, 3.63) is 97.3 Å². The minimum absolute atomic E-state index is 0.270. The molecule has 0 spiro atoms. The molecule has 2 aromatic heterocycles. The fourth-order valence-electron chi connectivity index (χ4n) is 4.74. The van der Waals surface area contributed by atoms with Crippen molar-refractivity contribution in [1.29, 1.82) is 0 Å². The van der Waals surface area contributed by atoms with Gasteiger partial charge >= 0.3 is 4.87 Å². The quantitative estimate of drug-likeness (QED) is 0.368. The number of thiazole rings is 1. The van der Waals surface area contributed by atoms with Crippen LogP contribution < -0.4 is 15.1 Å². The molecule has 0 saturated carbocycles. The molecule has 1 saturated heterocycles.